The van der Waals surface area contributed by atoms with Gasteiger partial charge in [0.05, 0.1) is 9.77 Å². The summed E-state index contributed by atoms with van der Waals surface area (Å²) in [5.41, 5.74) is 0.858. The van der Waals surface area contributed by atoms with Crippen molar-refractivity contribution in [1.82, 2.24) is 0 Å². The van der Waals surface area contributed by atoms with Gasteiger partial charge < -0.3 is 10.6 Å². The Kier molecular flexibility index (Phi) is 6.13. The summed E-state index contributed by atoms with van der Waals surface area (Å²) in [6.07, 6.45) is 0. The highest BCUT2D eigenvalue weighted by molar-refractivity contribution is 7.92. The quantitative estimate of drug-likeness (QED) is 0.611. The first-order valence-corrected chi connectivity index (χ1v) is 11.0. The Bertz CT molecular complexity index is 1100. The molecule has 2 amide bonds. The first-order valence-electron chi connectivity index (χ1n) is 8.06. The van der Waals surface area contributed by atoms with Crippen LogP contribution in [0.4, 0.5) is 11.4 Å². The summed E-state index contributed by atoms with van der Waals surface area (Å²) in [6, 6.07) is 15.6. The number of thiophene rings is 1. The van der Waals surface area contributed by atoms with Crippen LogP contribution in [0, 0.1) is 0 Å². The number of nitrogens with one attached hydrogen (secondary N) is 2. The van der Waals surface area contributed by atoms with Gasteiger partial charge in [0.25, 0.3) is 5.91 Å². The Morgan fingerprint density at radius 1 is 0.929 bits per heavy atom. The van der Waals surface area contributed by atoms with Crippen molar-refractivity contribution >= 4 is 56.0 Å². The minimum absolute atomic E-state index is 0.0176. The fraction of sp³-hybridized carbons (Fsp3) is 0.0526. The molecule has 0 atom stereocenters. The van der Waals surface area contributed by atoms with Crippen molar-refractivity contribution < 1.29 is 18.0 Å². The van der Waals surface area contributed by atoms with Gasteiger partial charge in [0.2, 0.25) is 5.91 Å². The van der Waals surface area contributed by atoms with E-state index >= 15 is 0 Å². The van der Waals surface area contributed by atoms with Gasteiger partial charge in [-0.05, 0) is 53.9 Å². The van der Waals surface area contributed by atoms with E-state index in [9.17, 15) is 18.0 Å². The van der Waals surface area contributed by atoms with Gasteiger partial charge in [-0.2, -0.15) is 0 Å². The van der Waals surface area contributed by atoms with Gasteiger partial charge in [-0.3, -0.25) is 9.59 Å². The van der Waals surface area contributed by atoms with E-state index in [1.54, 1.807) is 41.8 Å². The Balaban J connectivity index is 1.65. The second-order valence-electron chi connectivity index (χ2n) is 5.77. The molecule has 6 nitrogen and oxygen atoms in total. The summed E-state index contributed by atoms with van der Waals surface area (Å²) in [7, 11) is -3.79. The molecule has 2 aromatic carbocycles. The maximum atomic E-state index is 12.3. The third kappa shape index (κ3) is 5.19. The van der Waals surface area contributed by atoms with Crippen LogP contribution in [0.2, 0.25) is 5.02 Å². The van der Waals surface area contributed by atoms with Crippen LogP contribution in [0.1, 0.15) is 9.67 Å². The Morgan fingerprint density at radius 3 is 2.25 bits per heavy atom. The third-order valence-electron chi connectivity index (χ3n) is 3.64. The molecule has 2 N–H and O–H groups in total. The molecule has 9 heteroatoms. The van der Waals surface area contributed by atoms with Crippen LogP contribution in [0.15, 0.2) is 70.9 Å². The van der Waals surface area contributed by atoms with Crippen molar-refractivity contribution in [2.24, 2.45) is 0 Å². The normalized spacial score (nSPS) is 11.0. The van der Waals surface area contributed by atoms with E-state index in [4.69, 9.17) is 11.6 Å². The van der Waals surface area contributed by atoms with Crippen molar-refractivity contribution in [2.45, 2.75) is 4.90 Å². The SMILES string of the molecule is O=C(CS(=O)(=O)c1ccc(Cl)cc1)Nc1cccc(NC(=O)c2cccs2)c1. The molecule has 0 saturated carbocycles. The number of amides is 2. The van der Waals surface area contributed by atoms with E-state index < -0.39 is 21.5 Å². The van der Waals surface area contributed by atoms with E-state index in [0.29, 0.717) is 21.3 Å². The lowest BCUT2D eigenvalue weighted by atomic mass is 10.2. The summed E-state index contributed by atoms with van der Waals surface area (Å²) in [5.74, 6) is -1.65. The average molecular weight is 435 g/mol. The van der Waals surface area contributed by atoms with Crippen LogP contribution in [0.5, 0.6) is 0 Å². The maximum Gasteiger partial charge on any atom is 0.265 e. The molecule has 0 radical (unpaired) electrons. The highest BCUT2D eigenvalue weighted by atomic mass is 35.5. The molecule has 28 heavy (non-hydrogen) atoms. The third-order valence-corrected chi connectivity index (χ3v) is 6.40. The van der Waals surface area contributed by atoms with E-state index in [2.05, 4.69) is 10.6 Å². The summed E-state index contributed by atoms with van der Waals surface area (Å²) in [6.45, 7) is 0. The van der Waals surface area contributed by atoms with Gasteiger partial charge in [0.1, 0.15) is 5.75 Å². The molecule has 0 spiro atoms. The van der Waals surface area contributed by atoms with Gasteiger partial charge in [-0.25, -0.2) is 8.42 Å². The van der Waals surface area contributed by atoms with Crippen molar-refractivity contribution in [3.05, 3.63) is 75.9 Å². The van der Waals surface area contributed by atoms with Crippen molar-refractivity contribution in [2.75, 3.05) is 16.4 Å². The predicted molar refractivity (Wildman–Crippen MR) is 111 cm³/mol. The second kappa shape index (κ2) is 8.55. The van der Waals surface area contributed by atoms with Crippen molar-refractivity contribution in [1.29, 1.82) is 0 Å². The average Bonchev–Trinajstić information content (AvgIpc) is 3.16. The molecular formula is C19H15ClN2O4S2. The monoisotopic (exact) mass is 434 g/mol. The molecule has 1 heterocycles. The minimum atomic E-state index is -3.79. The molecule has 144 valence electrons. The van der Waals surface area contributed by atoms with Gasteiger partial charge >= 0.3 is 0 Å². The molecule has 3 rings (SSSR count). The fourth-order valence-electron chi connectivity index (χ4n) is 2.37. The smallest absolute Gasteiger partial charge is 0.265 e. The van der Waals surface area contributed by atoms with Crippen LogP contribution in [0.25, 0.3) is 0 Å². The number of sulfone groups is 1. The molecular weight excluding hydrogens is 420 g/mol. The lowest BCUT2D eigenvalue weighted by Gasteiger charge is -2.09. The first kappa shape index (κ1) is 20.1. The van der Waals surface area contributed by atoms with Crippen LogP contribution in [-0.2, 0) is 14.6 Å². The lowest BCUT2D eigenvalue weighted by Crippen LogP contribution is -2.23. The molecule has 0 bridgehead atoms. The Morgan fingerprint density at radius 2 is 1.61 bits per heavy atom. The van der Waals surface area contributed by atoms with Crippen LogP contribution >= 0.6 is 22.9 Å². The van der Waals surface area contributed by atoms with Gasteiger partial charge in [0, 0.05) is 16.4 Å². The fourth-order valence-corrected chi connectivity index (χ4v) is 4.25. The number of carbonyl (C=O) groups is 2. The topological polar surface area (TPSA) is 92.3 Å². The number of carbonyl (C=O) groups excluding carboxylic acids is 2. The zero-order valence-electron chi connectivity index (χ0n) is 14.4. The summed E-state index contributed by atoms with van der Waals surface area (Å²) in [4.78, 5) is 24.9. The van der Waals surface area contributed by atoms with Crippen molar-refractivity contribution in [3.63, 3.8) is 0 Å². The summed E-state index contributed by atoms with van der Waals surface area (Å²) < 4.78 is 24.7. The molecule has 3 aromatic rings. The first-order chi connectivity index (χ1) is 13.3. The van der Waals surface area contributed by atoms with Crippen LogP contribution in [-0.4, -0.2) is 26.0 Å². The van der Waals surface area contributed by atoms with E-state index in [1.807, 2.05) is 0 Å². The maximum absolute atomic E-state index is 12.3. The molecule has 0 aliphatic carbocycles. The highest BCUT2D eigenvalue weighted by Crippen LogP contribution is 2.19. The molecule has 0 fully saturated rings. The zero-order chi connectivity index (χ0) is 20.1. The Labute approximate surface area is 171 Å². The highest BCUT2D eigenvalue weighted by Gasteiger charge is 2.19. The lowest BCUT2D eigenvalue weighted by molar-refractivity contribution is -0.113. The number of anilines is 2. The van der Waals surface area contributed by atoms with Crippen LogP contribution in [0.3, 0.4) is 0 Å². The molecule has 1 aromatic heterocycles. The van der Waals surface area contributed by atoms with Gasteiger partial charge in [0.15, 0.2) is 9.84 Å². The van der Waals surface area contributed by atoms with Gasteiger partial charge in [-0.15, -0.1) is 11.3 Å². The van der Waals surface area contributed by atoms with Gasteiger partial charge in [-0.1, -0.05) is 23.7 Å². The molecule has 0 saturated heterocycles. The molecule has 0 aliphatic heterocycles. The standard InChI is InChI=1S/C19H15ClN2O4S2/c20-13-6-8-16(9-7-13)28(25,26)12-18(23)21-14-3-1-4-15(11-14)22-19(24)17-5-2-10-27-17/h1-11H,12H2,(H,21,23)(H,22,24). The molecule has 0 aliphatic rings. The number of hydrogen-bond donors (Lipinski definition) is 2. The van der Waals surface area contributed by atoms with E-state index in [0.717, 1.165) is 0 Å². The van der Waals surface area contributed by atoms with Crippen LogP contribution < -0.4 is 10.6 Å². The minimum Gasteiger partial charge on any atom is -0.325 e. The van der Waals surface area contributed by atoms with E-state index in [1.165, 1.54) is 35.6 Å². The number of rotatable bonds is 6. The Hall–Kier alpha value is -2.68. The van der Waals surface area contributed by atoms with E-state index in [-0.39, 0.29) is 10.8 Å². The number of benzene rings is 2. The zero-order valence-corrected chi connectivity index (χ0v) is 16.8. The second-order valence-corrected chi connectivity index (χ2v) is 9.15. The number of halogens is 1. The molecule has 0 unspecified atom stereocenters. The van der Waals surface area contributed by atoms with Crippen molar-refractivity contribution in [3.8, 4) is 0 Å². The number of hydrogen-bond acceptors (Lipinski definition) is 5. The largest absolute Gasteiger partial charge is 0.325 e. The summed E-state index contributed by atoms with van der Waals surface area (Å²) >= 11 is 7.07. The summed E-state index contributed by atoms with van der Waals surface area (Å²) in [5, 5.41) is 7.47. The predicted octanol–water partition coefficient (Wildman–Crippen LogP) is 4.07.